The van der Waals surface area contributed by atoms with Crippen LogP contribution in [0.2, 0.25) is 0 Å². The lowest BCUT2D eigenvalue weighted by atomic mass is 10.1. The standard InChI is InChI=1S/C10H17N3O2/c1-7(14-2)9-12-10(15-13-9)8-5-3-4-6-11-8/h7-8,11H,3-6H2,1-2H3. The van der Waals surface area contributed by atoms with E-state index in [1.165, 1.54) is 12.8 Å². The number of methoxy groups -OCH3 is 1. The number of ether oxygens (including phenoxy) is 1. The van der Waals surface area contributed by atoms with Crippen molar-refractivity contribution >= 4 is 0 Å². The summed E-state index contributed by atoms with van der Waals surface area (Å²) < 4.78 is 10.4. The molecule has 0 saturated carbocycles. The Morgan fingerprint density at radius 2 is 2.40 bits per heavy atom. The van der Waals surface area contributed by atoms with E-state index in [0.29, 0.717) is 11.7 Å². The summed E-state index contributed by atoms with van der Waals surface area (Å²) in [7, 11) is 1.64. The fourth-order valence-corrected chi connectivity index (χ4v) is 1.72. The third-order valence-electron chi connectivity index (χ3n) is 2.78. The van der Waals surface area contributed by atoms with Crippen molar-refractivity contribution in [3.63, 3.8) is 0 Å². The summed E-state index contributed by atoms with van der Waals surface area (Å²) in [5.74, 6) is 1.31. The van der Waals surface area contributed by atoms with Crippen LogP contribution in [-0.4, -0.2) is 23.8 Å². The molecule has 84 valence electrons. The Balaban J connectivity index is 2.05. The molecule has 0 radical (unpaired) electrons. The average Bonchev–Trinajstić information content (AvgIpc) is 2.78. The number of rotatable bonds is 3. The molecule has 0 bridgehead atoms. The summed E-state index contributed by atoms with van der Waals surface area (Å²) in [5, 5.41) is 7.28. The van der Waals surface area contributed by atoms with E-state index in [1.54, 1.807) is 7.11 Å². The lowest BCUT2D eigenvalue weighted by Gasteiger charge is -2.19. The monoisotopic (exact) mass is 211 g/mol. The van der Waals surface area contributed by atoms with Crippen molar-refractivity contribution in [3.05, 3.63) is 11.7 Å². The fraction of sp³-hybridized carbons (Fsp3) is 0.800. The number of aromatic nitrogens is 2. The number of hydrogen-bond acceptors (Lipinski definition) is 5. The van der Waals surface area contributed by atoms with E-state index in [1.807, 2.05) is 6.92 Å². The van der Waals surface area contributed by atoms with Gasteiger partial charge in [0.25, 0.3) is 0 Å². The Morgan fingerprint density at radius 3 is 3.07 bits per heavy atom. The zero-order chi connectivity index (χ0) is 10.7. The summed E-state index contributed by atoms with van der Waals surface area (Å²) in [4.78, 5) is 4.34. The molecule has 1 aromatic rings. The Morgan fingerprint density at radius 1 is 1.53 bits per heavy atom. The van der Waals surface area contributed by atoms with E-state index in [0.717, 1.165) is 13.0 Å². The molecule has 1 saturated heterocycles. The number of nitrogens with one attached hydrogen (secondary N) is 1. The summed E-state index contributed by atoms with van der Waals surface area (Å²) >= 11 is 0. The Labute approximate surface area is 89.2 Å². The molecule has 2 atom stereocenters. The highest BCUT2D eigenvalue weighted by Gasteiger charge is 2.22. The van der Waals surface area contributed by atoms with Crippen LogP contribution in [0.25, 0.3) is 0 Å². The van der Waals surface area contributed by atoms with Crippen molar-refractivity contribution in [2.24, 2.45) is 0 Å². The zero-order valence-electron chi connectivity index (χ0n) is 9.19. The molecule has 0 amide bonds. The SMILES string of the molecule is COC(C)c1noc(C2CCCCN2)n1. The first-order valence-electron chi connectivity index (χ1n) is 5.41. The maximum atomic E-state index is 5.22. The van der Waals surface area contributed by atoms with Crippen LogP contribution in [0.1, 0.15) is 50.0 Å². The minimum absolute atomic E-state index is 0.105. The van der Waals surface area contributed by atoms with Crippen molar-refractivity contribution in [1.29, 1.82) is 0 Å². The first-order chi connectivity index (χ1) is 7.31. The molecule has 1 aromatic heterocycles. The van der Waals surface area contributed by atoms with Gasteiger partial charge in [-0.3, -0.25) is 0 Å². The van der Waals surface area contributed by atoms with Gasteiger partial charge in [-0.1, -0.05) is 11.6 Å². The van der Waals surface area contributed by atoms with Crippen LogP contribution in [0, 0.1) is 0 Å². The third kappa shape index (κ3) is 2.35. The van der Waals surface area contributed by atoms with Crippen LogP contribution in [0.15, 0.2) is 4.52 Å². The molecule has 2 unspecified atom stereocenters. The van der Waals surface area contributed by atoms with Crippen molar-refractivity contribution in [3.8, 4) is 0 Å². The van der Waals surface area contributed by atoms with Gasteiger partial charge < -0.3 is 14.6 Å². The largest absolute Gasteiger partial charge is 0.374 e. The molecule has 0 aromatic carbocycles. The number of nitrogens with zero attached hydrogens (tertiary/aromatic N) is 2. The first kappa shape index (κ1) is 10.6. The molecule has 5 nitrogen and oxygen atoms in total. The van der Waals surface area contributed by atoms with Crippen molar-refractivity contribution < 1.29 is 9.26 Å². The van der Waals surface area contributed by atoms with Crippen molar-refractivity contribution in [1.82, 2.24) is 15.5 Å². The normalized spacial score (nSPS) is 24.0. The van der Waals surface area contributed by atoms with Gasteiger partial charge in [-0.2, -0.15) is 4.98 Å². The summed E-state index contributed by atoms with van der Waals surface area (Å²) in [5.41, 5.74) is 0. The summed E-state index contributed by atoms with van der Waals surface area (Å²) in [6.07, 6.45) is 3.41. The highest BCUT2D eigenvalue weighted by molar-refractivity contribution is 4.96. The second kappa shape index (κ2) is 4.72. The Bertz CT molecular complexity index is 307. The molecular weight excluding hydrogens is 194 g/mol. The summed E-state index contributed by atoms with van der Waals surface area (Å²) in [6.45, 7) is 2.94. The van der Waals surface area contributed by atoms with E-state index in [2.05, 4.69) is 15.5 Å². The predicted molar refractivity (Wildman–Crippen MR) is 54.3 cm³/mol. The highest BCUT2D eigenvalue weighted by atomic mass is 16.5. The van der Waals surface area contributed by atoms with Crippen LogP contribution < -0.4 is 5.32 Å². The predicted octanol–water partition coefficient (Wildman–Crippen LogP) is 1.59. The molecule has 1 aliphatic heterocycles. The minimum Gasteiger partial charge on any atom is -0.374 e. The fourth-order valence-electron chi connectivity index (χ4n) is 1.72. The molecule has 2 rings (SSSR count). The van der Waals surface area contributed by atoms with Crippen LogP contribution in [0.5, 0.6) is 0 Å². The Hall–Kier alpha value is -0.940. The van der Waals surface area contributed by atoms with Gasteiger partial charge in [-0.15, -0.1) is 0 Å². The van der Waals surface area contributed by atoms with Gasteiger partial charge in [0, 0.05) is 7.11 Å². The lowest BCUT2D eigenvalue weighted by Crippen LogP contribution is -2.27. The lowest BCUT2D eigenvalue weighted by molar-refractivity contribution is 0.109. The van der Waals surface area contributed by atoms with Crippen LogP contribution in [0.3, 0.4) is 0 Å². The average molecular weight is 211 g/mol. The molecule has 2 heterocycles. The van der Waals surface area contributed by atoms with Gasteiger partial charge in [-0.25, -0.2) is 0 Å². The van der Waals surface area contributed by atoms with E-state index in [4.69, 9.17) is 9.26 Å². The molecule has 15 heavy (non-hydrogen) atoms. The van der Waals surface area contributed by atoms with Crippen molar-refractivity contribution in [2.75, 3.05) is 13.7 Å². The molecule has 1 N–H and O–H groups in total. The maximum Gasteiger partial charge on any atom is 0.243 e. The quantitative estimate of drug-likeness (QED) is 0.822. The van der Waals surface area contributed by atoms with Crippen molar-refractivity contribution in [2.45, 2.75) is 38.3 Å². The third-order valence-corrected chi connectivity index (χ3v) is 2.78. The van der Waals surface area contributed by atoms with Gasteiger partial charge in [0.15, 0.2) is 5.82 Å². The second-order valence-electron chi connectivity index (χ2n) is 3.87. The first-order valence-corrected chi connectivity index (χ1v) is 5.41. The van der Waals surface area contributed by atoms with Gasteiger partial charge in [0.1, 0.15) is 6.10 Å². The number of piperidine rings is 1. The van der Waals surface area contributed by atoms with Gasteiger partial charge in [0.2, 0.25) is 5.89 Å². The molecule has 0 spiro atoms. The van der Waals surface area contributed by atoms with E-state index in [-0.39, 0.29) is 12.1 Å². The molecular formula is C10H17N3O2. The highest BCUT2D eigenvalue weighted by Crippen LogP contribution is 2.22. The topological polar surface area (TPSA) is 60.2 Å². The van der Waals surface area contributed by atoms with Crippen LogP contribution in [0.4, 0.5) is 0 Å². The summed E-state index contributed by atoms with van der Waals surface area (Å²) in [6, 6.07) is 0.226. The van der Waals surface area contributed by atoms with Gasteiger partial charge >= 0.3 is 0 Å². The number of hydrogen-bond donors (Lipinski definition) is 1. The Kier molecular flexibility index (Phi) is 3.33. The second-order valence-corrected chi connectivity index (χ2v) is 3.87. The molecule has 0 aliphatic carbocycles. The smallest absolute Gasteiger partial charge is 0.243 e. The minimum atomic E-state index is -0.105. The van der Waals surface area contributed by atoms with Crippen LogP contribution in [-0.2, 0) is 4.74 Å². The van der Waals surface area contributed by atoms with Crippen LogP contribution >= 0.6 is 0 Å². The van der Waals surface area contributed by atoms with E-state index in [9.17, 15) is 0 Å². The molecule has 1 aliphatic rings. The maximum absolute atomic E-state index is 5.22. The van der Waals surface area contributed by atoms with E-state index >= 15 is 0 Å². The molecule has 5 heteroatoms. The zero-order valence-corrected chi connectivity index (χ0v) is 9.19. The molecule has 1 fully saturated rings. The van der Waals surface area contributed by atoms with Gasteiger partial charge in [-0.05, 0) is 26.3 Å². The van der Waals surface area contributed by atoms with Gasteiger partial charge in [0.05, 0.1) is 6.04 Å². The van der Waals surface area contributed by atoms with E-state index < -0.39 is 0 Å².